The van der Waals surface area contributed by atoms with Crippen LogP contribution in [0.4, 0.5) is 11.4 Å². The monoisotopic (exact) mass is 313 g/mol. The highest BCUT2D eigenvalue weighted by Gasteiger charge is 2.20. The molecule has 7 heteroatoms. The van der Waals surface area contributed by atoms with Gasteiger partial charge in [0.15, 0.2) is 0 Å². The lowest BCUT2D eigenvalue weighted by Gasteiger charge is -2.22. The van der Waals surface area contributed by atoms with E-state index in [1.165, 1.54) is 0 Å². The van der Waals surface area contributed by atoms with Crippen LogP contribution in [0.3, 0.4) is 0 Å². The number of rotatable bonds is 7. The molecule has 0 bridgehead atoms. The quantitative estimate of drug-likeness (QED) is 0.817. The Kier molecular flexibility index (Phi) is 6.02. The molecule has 0 spiro atoms. The SMILES string of the molecule is CCCNC(=O)CN(c1ccc(N(C)C)cc1)S(C)(=O)=O. The number of amides is 1. The van der Waals surface area contributed by atoms with Gasteiger partial charge in [0.1, 0.15) is 6.54 Å². The molecular weight excluding hydrogens is 290 g/mol. The lowest BCUT2D eigenvalue weighted by atomic mass is 10.2. The fourth-order valence-electron chi connectivity index (χ4n) is 1.77. The molecule has 118 valence electrons. The van der Waals surface area contributed by atoms with Crippen molar-refractivity contribution < 1.29 is 13.2 Å². The number of nitrogens with one attached hydrogen (secondary N) is 1. The van der Waals surface area contributed by atoms with Crippen molar-refractivity contribution >= 4 is 27.3 Å². The van der Waals surface area contributed by atoms with E-state index >= 15 is 0 Å². The van der Waals surface area contributed by atoms with E-state index in [9.17, 15) is 13.2 Å². The van der Waals surface area contributed by atoms with E-state index in [0.717, 1.165) is 22.7 Å². The zero-order valence-corrected chi connectivity index (χ0v) is 13.8. The van der Waals surface area contributed by atoms with Crippen LogP contribution >= 0.6 is 0 Å². The van der Waals surface area contributed by atoms with E-state index in [4.69, 9.17) is 0 Å². The van der Waals surface area contributed by atoms with Crippen molar-refractivity contribution in [1.82, 2.24) is 5.32 Å². The topological polar surface area (TPSA) is 69.7 Å². The van der Waals surface area contributed by atoms with Gasteiger partial charge in [-0.1, -0.05) is 6.92 Å². The van der Waals surface area contributed by atoms with E-state index in [1.54, 1.807) is 12.1 Å². The Balaban J connectivity index is 2.96. The standard InChI is InChI=1S/C14H23N3O3S/c1-5-10-15-14(18)11-17(21(4,19)20)13-8-6-12(7-9-13)16(2)3/h6-9H,5,10-11H2,1-4H3,(H,15,18). The number of carbonyl (C=O) groups is 1. The second-order valence-corrected chi connectivity index (χ2v) is 6.94. The maximum atomic E-state index is 11.9. The first-order valence-corrected chi connectivity index (χ1v) is 8.62. The molecule has 0 atom stereocenters. The van der Waals surface area contributed by atoms with Gasteiger partial charge in [-0.05, 0) is 30.7 Å². The number of anilines is 2. The van der Waals surface area contributed by atoms with E-state index < -0.39 is 10.0 Å². The summed E-state index contributed by atoms with van der Waals surface area (Å²) in [7, 11) is 0.296. The molecule has 21 heavy (non-hydrogen) atoms. The van der Waals surface area contributed by atoms with Crippen LogP contribution in [0.5, 0.6) is 0 Å². The highest BCUT2D eigenvalue weighted by atomic mass is 32.2. The van der Waals surface area contributed by atoms with Crippen molar-refractivity contribution in [3.05, 3.63) is 24.3 Å². The smallest absolute Gasteiger partial charge is 0.240 e. The van der Waals surface area contributed by atoms with Crippen molar-refractivity contribution in [2.24, 2.45) is 0 Å². The van der Waals surface area contributed by atoms with Crippen molar-refractivity contribution in [3.63, 3.8) is 0 Å². The minimum atomic E-state index is -3.51. The molecule has 0 heterocycles. The Morgan fingerprint density at radius 3 is 2.10 bits per heavy atom. The molecule has 0 aromatic heterocycles. The molecule has 1 aromatic rings. The van der Waals surface area contributed by atoms with Crippen LogP contribution < -0.4 is 14.5 Å². The van der Waals surface area contributed by atoms with Crippen LogP contribution in [0.15, 0.2) is 24.3 Å². The lowest BCUT2D eigenvalue weighted by Crippen LogP contribution is -2.40. The van der Waals surface area contributed by atoms with Crippen molar-refractivity contribution in [2.45, 2.75) is 13.3 Å². The third kappa shape index (κ3) is 5.26. The van der Waals surface area contributed by atoms with Crippen molar-refractivity contribution in [3.8, 4) is 0 Å². The summed E-state index contributed by atoms with van der Waals surface area (Å²) in [6.07, 6.45) is 1.90. The number of nitrogens with zero attached hydrogens (tertiary/aromatic N) is 2. The van der Waals surface area contributed by atoms with Gasteiger partial charge in [-0.25, -0.2) is 8.42 Å². The molecule has 0 aliphatic rings. The van der Waals surface area contributed by atoms with Crippen LogP contribution in [0.1, 0.15) is 13.3 Å². The van der Waals surface area contributed by atoms with Crippen LogP contribution in [0.2, 0.25) is 0 Å². The van der Waals surface area contributed by atoms with Gasteiger partial charge < -0.3 is 10.2 Å². The van der Waals surface area contributed by atoms with Gasteiger partial charge in [0.05, 0.1) is 11.9 Å². The normalized spacial score (nSPS) is 11.0. The number of hydrogen-bond donors (Lipinski definition) is 1. The molecule has 0 fully saturated rings. The molecule has 0 radical (unpaired) electrons. The zero-order valence-electron chi connectivity index (χ0n) is 13.0. The first-order valence-electron chi connectivity index (χ1n) is 6.77. The first-order chi connectivity index (χ1) is 9.75. The Hall–Kier alpha value is -1.76. The number of sulfonamides is 1. The minimum absolute atomic E-state index is 0.208. The fourth-order valence-corrected chi connectivity index (χ4v) is 2.62. The van der Waals surface area contributed by atoms with E-state index in [0.29, 0.717) is 12.2 Å². The van der Waals surface area contributed by atoms with Gasteiger partial charge >= 0.3 is 0 Å². The second-order valence-electron chi connectivity index (χ2n) is 5.03. The van der Waals surface area contributed by atoms with Gasteiger partial charge in [0.2, 0.25) is 15.9 Å². The Morgan fingerprint density at radius 2 is 1.67 bits per heavy atom. The Labute approximate surface area is 126 Å². The molecule has 1 rings (SSSR count). The summed E-state index contributed by atoms with van der Waals surface area (Å²) in [4.78, 5) is 13.7. The molecule has 1 aromatic carbocycles. The van der Waals surface area contributed by atoms with Crippen molar-refractivity contribution in [1.29, 1.82) is 0 Å². The van der Waals surface area contributed by atoms with E-state index in [1.807, 2.05) is 38.1 Å². The number of hydrogen-bond acceptors (Lipinski definition) is 4. The van der Waals surface area contributed by atoms with Gasteiger partial charge in [-0.15, -0.1) is 0 Å². The van der Waals surface area contributed by atoms with E-state index in [2.05, 4.69) is 5.32 Å². The Morgan fingerprint density at radius 1 is 1.14 bits per heavy atom. The highest BCUT2D eigenvalue weighted by Crippen LogP contribution is 2.21. The molecule has 1 N–H and O–H groups in total. The number of carbonyl (C=O) groups excluding carboxylic acids is 1. The molecule has 0 unspecified atom stereocenters. The summed E-state index contributed by atoms with van der Waals surface area (Å²) in [5.41, 5.74) is 1.44. The fraction of sp³-hybridized carbons (Fsp3) is 0.500. The van der Waals surface area contributed by atoms with Gasteiger partial charge in [-0.2, -0.15) is 0 Å². The van der Waals surface area contributed by atoms with Gasteiger partial charge in [0, 0.05) is 26.3 Å². The van der Waals surface area contributed by atoms with Crippen LogP contribution in [-0.2, 0) is 14.8 Å². The number of benzene rings is 1. The molecule has 0 aliphatic heterocycles. The summed E-state index contributed by atoms with van der Waals surface area (Å²) < 4.78 is 24.9. The predicted octanol–water partition coefficient (Wildman–Crippen LogP) is 1.04. The predicted molar refractivity (Wildman–Crippen MR) is 86.3 cm³/mol. The summed E-state index contributed by atoms with van der Waals surface area (Å²) in [5.74, 6) is -0.307. The minimum Gasteiger partial charge on any atom is -0.378 e. The Bertz CT molecular complexity index is 568. The molecular formula is C14H23N3O3S. The molecule has 6 nitrogen and oxygen atoms in total. The van der Waals surface area contributed by atoms with Crippen LogP contribution in [0, 0.1) is 0 Å². The average Bonchev–Trinajstić information content (AvgIpc) is 2.41. The summed E-state index contributed by atoms with van der Waals surface area (Å²) in [6, 6.07) is 7.03. The maximum Gasteiger partial charge on any atom is 0.240 e. The van der Waals surface area contributed by atoms with Crippen LogP contribution in [0.25, 0.3) is 0 Å². The van der Waals surface area contributed by atoms with Gasteiger partial charge in [-0.3, -0.25) is 9.10 Å². The lowest BCUT2D eigenvalue weighted by molar-refractivity contribution is -0.119. The maximum absolute atomic E-state index is 11.9. The highest BCUT2D eigenvalue weighted by molar-refractivity contribution is 7.92. The van der Waals surface area contributed by atoms with Gasteiger partial charge in [0.25, 0.3) is 0 Å². The third-order valence-electron chi connectivity index (χ3n) is 2.91. The van der Waals surface area contributed by atoms with Crippen LogP contribution in [-0.4, -0.2) is 47.8 Å². The third-order valence-corrected chi connectivity index (χ3v) is 4.05. The van der Waals surface area contributed by atoms with E-state index in [-0.39, 0.29) is 12.5 Å². The first kappa shape index (κ1) is 17.3. The summed E-state index contributed by atoms with van der Waals surface area (Å²) >= 11 is 0. The second kappa shape index (κ2) is 7.31. The molecule has 0 saturated carbocycles. The average molecular weight is 313 g/mol. The van der Waals surface area contributed by atoms with Crippen molar-refractivity contribution in [2.75, 3.05) is 42.6 Å². The molecule has 0 aliphatic carbocycles. The molecule has 0 saturated heterocycles. The summed E-state index contributed by atoms with van der Waals surface area (Å²) in [5, 5.41) is 2.68. The summed E-state index contributed by atoms with van der Waals surface area (Å²) in [6.45, 7) is 2.27. The largest absolute Gasteiger partial charge is 0.378 e. The molecule has 1 amide bonds. The zero-order chi connectivity index (χ0) is 16.0.